The lowest BCUT2D eigenvalue weighted by atomic mass is 10.1. The summed E-state index contributed by atoms with van der Waals surface area (Å²) in [5.41, 5.74) is 0.431. The molecule has 1 amide bonds. The number of nitro benzene ring substituents is 1. The highest BCUT2D eigenvalue weighted by Gasteiger charge is 2.34. The summed E-state index contributed by atoms with van der Waals surface area (Å²) in [6, 6.07) is 14.0. The minimum absolute atomic E-state index is 0.0349. The number of rotatable bonds is 6. The van der Waals surface area contributed by atoms with Crippen molar-refractivity contribution in [2.45, 2.75) is 18.7 Å². The number of methoxy groups -OCH3 is 1. The lowest BCUT2D eigenvalue weighted by Crippen LogP contribution is -2.37. The van der Waals surface area contributed by atoms with Gasteiger partial charge in [-0.2, -0.15) is 4.31 Å². The normalized spacial score (nSPS) is 11.1. The predicted molar refractivity (Wildman–Crippen MR) is 121 cm³/mol. The van der Waals surface area contributed by atoms with Crippen LogP contribution in [0.3, 0.4) is 0 Å². The highest BCUT2D eigenvalue weighted by molar-refractivity contribution is 7.93. The smallest absolute Gasteiger partial charge is 0.273 e. The highest BCUT2D eigenvalue weighted by Crippen LogP contribution is 2.34. The van der Waals surface area contributed by atoms with Crippen LogP contribution in [0.5, 0.6) is 5.75 Å². The van der Waals surface area contributed by atoms with Crippen LogP contribution < -0.4 is 9.04 Å². The van der Waals surface area contributed by atoms with E-state index < -0.39 is 20.9 Å². The summed E-state index contributed by atoms with van der Waals surface area (Å²) < 4.78 is 32.8. The Kier molecular flexibility index (Phi) is 6.52. The summed E-state index contributed by atoms with van der Waals surface area (Å²) >= 11 is 6.19. The molecule has 3 aromatic carbocycles. The summed E-state index contributed by atoms with van der Waals surface area (Å²) in [6.07, 6.45) is 0. The number of carbonyl (C=O) groups is 1. The van der Waals surface area contributed by atoms with Crippen LogP contribution in [0.4, 0.5) is 11.4 Å². The second kappa shape index (κ2) is 8.97. The third-order valence-electron chi connectivity index (χ3n) is 4.85. The molecule has 0 aliphatic carbocycles. The van der Waals surface area contributed by atoms with Gasteiger partial charge in [-0.25, -0.2) is 8.42 Å². The van der Waals surface area contributed by atoms with Crippen molar-refractivity contribution in [3.8, 4) is 5.75 Å². The van der Waals surface area contributed by atoms with Crippen LogP contribution in [0.2, 0.25) is 5.02 Å². The van der Waals surface area contributed by atoms with E-state index in [1.54, 1.807) is 19.1 Å². The maximum absolute atomic E-state index is 13.6. The molecule has 32 heavy (non-hydrogen) atoms. The Morgan fingerprint density at radius 1 is 1.06 bits per heavy atom. The van der Waals surface area contributed by atoms with E-state index in [2.05, 4.69) is 0 Å². The largest absolute Gasteiger partial charge is 0.495 e. The quantitative estimate of drug-likeness (QED) is 0.371. The summed E-state index contributed by atoms with van der Waals surface area (Å²) in [4.78, 5) is 24.1. The Hall–Kier alpha value is -3.43. The number of hydrogen-bond donors (Lipinski definition) is 0. The number of nitrogens with zero attached hydrogens (tertiary/aromatic N) is 2. The van der Waals surface area contributed by atoms with Crippen molar-refractivity contribution >= 4 is 38.9 Å². The molecule has 0 unspecified atom stereocenters. The minimum atomic E-state index is -4.39. The lowest BCUT2D eigenvalue weighted by Gasteiger charge is -2.24. The van der Waals surface area contributed by atoms with Crippen LogP contribution in [-0.4, -0.2) is 26.4 Å². The van der Waals surface area contributed by atoms with Gasteiger partial charge in [0.05, 0.1) is 33.2 Å². The number of halogens is 1. The number of aryl methyl sites for hydroxylation is 1. The molecule has 0 heterocycles. The second-order valence-electron chi connectivity index (χ2n) is 6.91. The Bertz CT molecular complexity index is 1310. The van der Waals surface area contributed by atoms with Crippen LogP contribution in [-0.2, 0) is 10.0 Å². The van der Waals surface area contributed by atoms with E-state index in [0.29, 0.717) is 10.1 Å². The monoisotopic (exact) mass is 474 g/mol. The van der Waals surface area contributed by atoms with Gasteiger partial charge in [-0.15, -0.1) is 0 Å². The number of nitro groups is 1. The topological polar surface area (TPSA) is 107 Å². The first-order valence-corrected chi connectivity index (χ1v) is 11.1. The van der Waals surface area contributed by atoms with E-state index in [9.17, 15) is 23.3 Å². The molecule has 0 spiro atoms. The molecule has 10 heteroatoms. The van der Waals surface area contributed by atoms with Gasteiger partial charge in [0.2, 0.25) is 0 Å². The minimum Gasteiger partial charge on any atom is -0.495 e. The molecule has 0 saturated heterocycles. The molecule has 0 atom stereocenters. The molecule has 0 bridgehead atoms. The SMILES string of the molecule is COc1ccc(N(C(=O)c2cccc([N+](=O)[O-])c2C)S(=O)(=O)c2ccc(C)cc2)cc1Cl. The molecule has 0 radical (unpaired) electrons. The standard InChI is InChI=1S/C22H19ClN2O6S/c1-14-7-10-17(11-8-14)32(29,30)24(16-9-12-21(31-3)19(23)13-16)22(26)18-5-4-6-20(15(18)2)25(27)28/h4-13H,1-3H3. The fourth-order valence-corrected chi connectivity index (χ4v) is 4.78. The van der Waals surface area contributed by atoms with Crippen LogP contribution in [0, 0.1) is 24.0 Å². The number of anilines is 1. The van der Waals surface area contributed by atoms with Crippen molar-refractivity contribution in [3.05, 3.63) is 92.5 Å². The average Bonchev–Trinajstić information content (AvgIpc) is 2.74. The Labute approximate surface area is 190 Å². The number of ether oxygens (including phenoxy) is 1. The predicted octanol–water partition coefficient (Wildman–Crippen LogP) is 4.91. The van der Waals surface area contributed by atoms with Gasteiger partial charge in [0.1, 0.15) is 5.75 Å². The summed E-state index contributed by atoms with van der Waals surface area (Å²) in [6.45, 7) is 3.19. The Morgan fingerprint density at radius 2 is 1.72 bits per heavy atom. The summed E-state index contributed by atoms with van der Waals surface area (Å²) in [7, 11) is -2.99. The van der Waals surface area contributed by atoms with Gasteiger partial charge in [0, 0.05) is 11.6 Å². The van der Waals surface area contributed by atoms with Crippen LogP contribution in [0.25, 0.3) is 0 Å². The van der Waals surface area contributed by atoms with E-state index >= 15 is 0 Å². The van der Waals surface area contributed by atoms with E-state index in [0.717, 1.165) is 5.56 Å². The third kappa shape index (κ3) is 4.30. The first kappa shape index (κ1) is 23.2. The van der Waals surface area contributed by atoms with Crippen molar-refractivity contribution in [2.75, 3.05) is 11.4 Å². The van der Waals surface area contributed by atoms with Crippen LogP contribution >= 0.6 is 11.6 Å². The van der Waals surface area contributed by atoms with Crippen molar-refractivity contribution in [3.63, 3.8) is 0 Å². The van der Waals surface area contributed by atoms with E-state index in [-0.39, 0.29) is 32.4 Å². The molecule has 166 valence electrons. The molecule has 0 fully saturated rings. The molecular formula is C22H19ClN2O6S. The Balaban J connectivity index is 2.25. The molecule has 3 rings (SSSR count). The molecule has 0 aliphatic heterocycles. The average molecular weight is 475 g/mol. The summed E-state index contributed by atoms with van der Waals surface area (Å²) in [5.74, 6) is -0.657. The third-order valence-corrected chi connectivity index (χ3v) is 6.87. The van der Waals surface area contributed by atoms with Gasteiger partial charge in [-0.1, -0.05) is 35.4 Å². The molecule has 0 aromatic heterocycles. The summed E-state index contributed by atoms with van der Waals surface area (Å²) in [5, 5.41) is 11.4. The maximum Gasteiger partial charge on any atom is 0.273 e. The van der Waals surface area contributed by atoms with Gasteiger partial charge in [-0.3, -0.25) is 14.9 Å². The fourth-order valence-electron chi connectivity index (χ4n) is 3.12. The van der Waals surface area contributed by atoms with E-state index in [4.69, 9.17) is 16.3 Å². The first-order valence-electron chi connectivity index (χ1n) is 9.31. The van der Waals surface area contributed by atoms with Crippen LogP contribution in [0.1, 0.15) is 21.5 Å². The van der Waals surface area contributed by atoms with Gasteiger partial charge >= 0.3 is 0 Å². The number of amides is 1. The van der Waals surface area contributed by atoms with E-state index in [1.807, 2.05) is 0 Å². The van der Waals surface area contributed by atoms with Gasteiger partial charge in [0.15, 0.2) is 0 Å². The molecular weight excluding hydrogens is 456 g/mol. The van der Waals surface area contributed by atoms with Crippen molar-refractivity contribution < 1.29 is 22.9 Å². The van der Waals surface area contributed by atoms with Crippen LogP contribution in [0.15, 0.2) is 65.6 Å². The van der Waals surface area contributed by atoms with Gasteiger partial charge in [0.25, 0.3) is 21.6 Å². The zero-order valence-corrected chi connectivity index (χ0v) is 19.0. The number of sulfonamides is 1. The van der Waals surface area contributed by atoms with Gasteiger partial charge in [-0.05, 0) is 50.2 Å². The highest BCUT2D eigenvalue weighted by atomic mass is 35.5. The van der Waals surface area contributed by atoms with E-state index in [1.165, 1.54) is 62.6 Å². The maximum atomic E-state index is 13.6. The van der Waals surface area contributed by atoms with Crippen molar-refractivity contribution in [1.29, 1.82) is 0 Å². The Morgan fingerprint density at radius 3 is 2.28 bits per heavy atom. The second-order valence-corrected chi connectivity index (χ2v) is 9.11. The van der Waals surface area contributed by atoms with Gasteiger partial charge < -0.3 is 4.74 Å². The molecule has 8 nitrogen and oxygen atoms in total. The lowest BCUT2D eigenvalue weighted by molar-refractivity contribution is -0.385. The molecule has 3 aromatic rings. The number of carbonyl (C=O) groups excluding carboxylic acids is 1. The molecule has 0 saturated carbocycles. The van der Waals surface area contributed by atoms with Crippen molar-refractivity contribution in [1.82, 2.24) is 0 Å². The zero-order valence-electron chi connectivity index (χ0n) is 17.4. The first-order chi connectivity index (χ1) is 15.1. The molecule has 0 aliphatic rings. The number of hydrogen-bond acceptors (Lipinski definition) is 6. The molecule has 0 N–H and O–H groups in total. The zero-order chi connectivity index (χ0) is 23.6. The number of benzene rings is 3. The fraction of sp³-hybridized carbons (Fsp3) is 0.136. The van der Waals surface area contributed by atoms with Crippen molar-refractivity contribution in [2.24, 2.45) is 0 Å².